The Bertz CT molecular complexity index is 601. The lowest BCUT2D eigenvalue weighted by Crippen LogP contribution is -2.27. The molecular formula is C13H14N2O2S. The van der Waals surface area contributed by atoms with Gasteiger partial charge in [0.25, 0.3) is 5.91 Å². The van der Waals surface area contributed by atoms with E-state index in [1.807, 2.05) is 5.38 Å². The van der Waals surface area contributed by atoms with Crippen molar-refractivity contribution in [3.63, 3.8) is 0 Å². The molecule has 0 aliphatic carbocycles. The van der Waals surface area contributed by atoms with Crippen LogP contribution >= 0.6 is 11.3 Å². The largest absolute Gasteiger partial charge is 0.367 e. The van der Waals surface area contributed by atoms with Crippen LogP contribution in [0.3, 0.4) is 0 Å². The maximum Gasteiger partial charge on any atom is 0.257 e. The SMILES string of the molecule is CCc1ccsc1CNC(=O)c1c[nH]ccc1=O. The number of pyridine rings is 1. The lowest BCUT2D eigenvalue weighted by molar-refractivity contribution is 0.0950. The minimum atomic E-state index is -0.340. The van der Waals surface area contributed by atoms with E-state index in [4.69, 9.17) is 0 Å². The fourth-order valence-electron chi connectivity index (χ4n) is 1.69. The Morgan fingerprint density at radius 2 is 2.28 bits per heavy atom. The Balaban J connectivity index is 2.05. The zero-order chi connectivity index (χ0) is 13.0. The van der Waals surface area contributed by atoms with Crippen LogP contribution in [0, 0.1) is 0 Å². The Morgan fingerprint density at radius 3 is 3.00 bits per heavy atom. The summed E-state index contributed by atoms with van der Waals surface area (Å²) < 4.78 is 0. The number of hydrogen-bond acceptors (Lipinski definition) is 3. The van der Waals surface area contributed by atoms with Gasteiger partial charge in [-0.3, -0.25) is 9.59 Å². The molecule has 0 bridgehead atoms. The van der Waals surface area contributed by atoms with Crippen molar-refractivity contribution in [1.82, 2.24) is 10.3 Å². The summed E-state index contributed by atoms with van der Waals surface area (Å²) in [6, 6.07) is 3.40. The Morgan fingerprint density at radius 1 is 1.44 bits per heavy atom. The molecule has 0 aliphatic heterocycles. The highest BCUT2D eigenvalue weighted by atomic mass is 32.1. The first-order chi connectivity index (χ1) is 8.72. The fraction of sp³-hybridized carbons (Fsp3) is 0.231. The van der Waals surface area contributed by atoms with Crippen molar-refractivity contribution in [1.29, 1.82) is 0 Å². The topological polar surface area (TPSA) is 62.0 Å². The number of nitrogens with one attached hydrogen (secondary N) is 2. The first-order valence-corrected chi connectivity index (χ1v) is 6.61. The molecule has 0 unspecified atom stereocenters. The molecule has 0 aromatic carbocycles. The van der Waals surface area contributed by atoms with Crippen LogP contribution in [-0.2, 0) is 13.0 Å². The number of amides is 1. The van der Waals surface area contributed by atoms with Crippen molar-refractivity contribution in [3.8, 4) is 0 Å². The summed E-state index contributed by atoms with van der Waals surface area (Å²) in [6.07, 6.45) is 3.88. The van der Waals surface area contributed by atoms with Crippen LogP contribution in [0.4, 0.5) is 0 Å². The van der Waals surface area contributed by atoms with Crippen LogP contribution in [0.5, 0.6) is 0 Å². The smallest absolute Gasteiger partial charge is 0.257 e. The summed E-state index contributed by atoms with van der Waals surface area (Å²) >= 11 is 1.61. The molecule has 2 aromatic heterocycles. The molecule has 2 heterocycles. The van der Waals surface area contributed by atoms with Gasteiger partial charge < -0.3 is 10.3 Å². The molecule has 0 aliphatic rings. The first kappa shape index (κ1) is 12.6. The van der Waals surface area contributed by atoms with Crippen LogP contribution in [0.25, 0.3) is 0 Å². The van der Waals surface area contributed by atoms with Gasteiger partial charge in [0, 0.05) is 23.3 Å². The van der Waals surface area contributed by atoms with E-state index >= 15 is 0 Å². The number of carbonyl (C=O) groups excluding carboxylic acids is 1. The minimum Gasteiger partial charge on any atom is -0.367 e. The second-order valence-electron chi connectivity index (χ2n) is 3.83. The van der Waals surface area contributed by atoms with Crippen molar-refractivity contribution in [3.05, 3.63) is 56.1 Å². The molecule has 4 nitrogen and oxygen atoms in total. The molecule has 18 heavy (non-hydrogen) atoms. The normalized spacial score (nSPS) is 10.3. The highest BCUT2D eigenvalue weighted by Crippen LogP contribution is 2.16. The second-order valence-corrected chi connectivity index (χ2v) is 4.83. The molecule has 0 fully saturated rings. The number of aromatic nitrogens is 1. The standard InChI is InChI=1S/C13H14N2O2S/c1-2-9-4-6-18-12(9)8-15-13(17)10-7-14-5-3-11(10)16/h3-7H,2,8H2,1H3,(H,14,16)(H,15,17). The van der Waals surface area contributed by atoms with Crippen LogP contribution < -0.4 is 10.7 Å². The van der Waals surface area contributed by atoms with Gasteiger partial charge >= 0.3 is 0 Å². The highest BCUT2D eigenvalue weighted by Gasteiger charge is 2.10. The summed E-state index contributed by atoms with van der Waals surface area (Å²) in [7, 11) is 0. The van der Waals surface area contributed by atoms with Gasteiger partial charge in [0.1, 0.15) is 5.56 Å². The van der Waals surface area contributed by atoms with E-state index < -0.39 is 0 Å². The van der Waals surface area contributed by atoms with Gasteiger partial charge in [-0.05, 0) is 23.4 Å². The molecule has 0 saturated carbocycles. The lowest BCUT2D eigenvalue weighted by Gasteiger charge is -2.04. The summed E-state index contributed by atoms with van der Waals surface area (Å²) in [6.45, 7) is 2.54. The van der Waals surface area contributed by atoms with E-state index in [-0.39, 0.29) is 16.9 Å². The van der Waals surface area contributed by atoms with Crippen LogP contribution in [0.2, 0.25) is 0 Å². The van der Waals surface area contributed by atoms with E-state index in [1.54, 1.807) is 11.3 Å². The summed E-state index contributed by atoms with van der Waals surface area (Å²) in [5, 5.41) is 4.78. The van der Waals surface area contributed by atoms with Crippen LogP contribution in [-0.4, -0.2) is 10.9 Å². The number of thiophene rings is 1. The maximum atomic E-state index is 11.8. The predicted octanol–water partition coefficient (Wildman–Crippen LogP) is 1.93. The number of carbonyl (C=O) groups is 1. The minimum absolute atomic E-state index is 0.145. The summed E-state index contributed by atoms with van der Waals surface area (Å²) in [4.78, 5) is 27.2. The van der Waals surface area contributed by atoms with Gasteiger partial charge in [0.05, 0.1) is 6.54 Å². The molecule has 94 valence electrons. The van der Waals surface area contributed by atoms with Crippen molar-refractivity contribution >= 4 is 17.2 Å². The second kappa shape index (κ2) is 5.64. The number of H-pyrrole nitrogens is 1. The van der Waals surface area contributed by atoms with Gasteiger partial charge in [-0.1, -0.05) is 6.92 Å². The summed E-state index contributed by atoms with van der Waals surface area (Å²) in [5.74, 6) is -0.340. The average molecular weight is 262 g/mol. The zero-order valence-electron chi connectivity index (χ0n) is 10.0. The van der Waals surface area contributed by atoms with E-state index in [1.165, 1.54) is 24.0 Å². The van der Waals surface area contributed by atoms with Crippen molar-refractivity contribution in [2.75, 3.05) is 0 Å². The third-order valence-electron chi connectivity index (χ3n) is 2.70. The lowest BCUT2D eigenvalue weighted by atomic mass is 10.2. The third-order valence-corrected chi connectivity index (χ3v) is 3.66. The molecule has 2 N–H and O–H groups in total. The number of hydrogen-bond donors (Lipinski definition) is 2. The van der Waals surface area contributed by atoms with Crippen LogP contribution in [0.1, 0.15) is 27.7 Å². The molecular weight excluding hydrogens is 248 g/mol. The molecule has 0 atom stereocenters. The molecule has 2 aromatic rings. The Kier molecular flexibility index (Phi) is 3.94. The van der Waals surface area contributed by atoms with E-state index in [0.717, 1.165) is 11.3 Å². The van der Waals surface area contributed by atoms with E-state index in [9.17, 15) is 9.59 Å². The first-order valence-electron chi connectivity index (χ1n) is 5.73. The number of aromatic amines is 1. The number of aryl methyl sites for hydroxylation is 1. The zero-order valence-corrected chi connectivity index (χ0v) is 10.8. The molecule has 0 spiro atoms. The highest BCUT2D eigenvalue weighted by molar-refractivity contribution is 7.10. The molecule has 0 radical (unpaired) electrons. The average Bonchev–Trinajstić information content (AvgIpc) is 2.84. The van der Waals surface area contributed by atoms with Gasteiger partial charge in [-0.2, -0.15) is 0 Å². The monoisotopic (exact) mass is 262 g/mol. The van der Waals surface area contributed by atoms with Crippen molar-refractivity contribution in [2.45, 2.75) is 19.9 Å². The predicted molar refractivity (Wildman–Crippen MR) is 71.9 cm³/mol. The molecule has 2 rings (SSSR count). The van der Waals surface area contributed by atoms with Crippen molar-refractivity contribution in [2.24, 2.45) is 0 Å². The molecule has 5 heteroatoms. The van der Waals surface area contributed by atoms with Crippen molar-refractivity contribution < 1.29 is 4.79 Å². The molecule has 1 amide bonds. The Labute approximate surface area is 109 Å². The summed E-state index contributed by atoms with van der Waals surface area (Å²) in [5.41, 5.74) is 1.11. The van der Waals surface area contributed by atoms with E-state index in [2.05, 4.69) is 23.3 Å². The molecule has 0 saturated heterocycles. The fourth-order valence-corrected chi connectivity index (χ4v) is 2.60. The third kappa shape index (κ3) is 2.68. The maximum absolute atomic E-state index is 11.8. The van der Waals surface area contributed by atoms with Gasteiger partial charge in [0.15, 0.2) is 5.43 Å². The quantitative estimate of drug-likeness (QED) is 0.884. The van der Waals surface area contributed by atoms with Gasteiger partial charge in [-0.15, -0.1) is 11.3 Å². The Hall–Kier alpha value is -1.88. The van der Waals surface area contributed by atoms with E-state index in [0.29, 0.717) is 6.54 Å². The van der Waals surface area contributed by atoms with Gasteiger partial charge in [-0.25, -0.2) is 0 Å². The van der Waals surface area contributed by atoms with Gasteiger partial charge in [0.2, 0.25) is 0 Å². The number of rotatable bonds is 4. The van der Waals surface area contributed by atoms with Crippen LogP contribution in [0.15, 0.2) is 34.7 Å².